The number of Topliss-reactive ketones (excluding diaryl/α,β-unsaturated/α-hetero) is 1. The van der Waals surface area contributed by atoms with E-state index in [-0.39, 0.29) is 37.6 Å². The predicted molar refractivity (Wildman–Crippen MR) is 138 cm³/mol. The Balaban J connectivity index is 1.16. The molecule has 8 nitrogen and oxygen atoms in total. The molecule has 2 amide bonds. The number of nitrogens with one attached hydrogen (secondary N) is 1. The number of halogens is 1. The molecule has 2 saturated heterocycles. The number of para-hydroxylation sites is 1. The minimum Gasteiger partial charge on any atom is -0.442 e. The van der Waals surface area contributed by atoms with Crippen molar-refractivity contribution in [3.63, 3.8) is 0 Å². The number of ether oxygens (including phenoxy) is 2. The van der Waals surface area contributed by atoms with Gasteiger partial charge in [-0.3, -0.25) is 14.5 Å². The van der Waals surface area contributed by atoms with Crippen molar-refractivity contribution in [2.24, 2.45) is 0 Å². The van der Waals surface area contributed by atoms with Gasteiger partial charge >= 0.3 is 6.09 Å². The number of cyclic esters (lactones) is 1. The molecule has 0 unspecified atom stereocenters. The van der Waals surface area contributed by atoms with Crippen LogP contribution in [0.2, 0.25) is 0 Å². The fraction of sp³-hybridized carbons (Fsp3) is 0.321. The first-order valence-electron chi connectivity index (χ1n) is 12.4. The molecule has 2 heterocycles. The zero-order chi connectivity index (χ0) is 25.8. The third-order valence-corrected chi connectivity index (χ3v) is 6.65. The van der Waals surface area contributed by atoms with Gasteiger partial charge < -0.3 is 19.7 Å². The summed E-state index contributed by atoms with van der Waals surface area (Å²) in [5.74, 6) is -0.824. The van der Waals surface area contributed by atoms with Crippen molar-refractivity contribution in [2.45, 2.75) is 18.9 Å². The van der Waals surface area contributed by atoms with Crippen LogP contribution >= 0.6 is 0 Å². The highest BCUT2D eigenvalue weighted by atomic mass is 19.1. The predicted octanol–water partition coefficient (Wildman–Crippen LogP) is 3.92. The molecule has 37 heavy (non-hydrogen) atoms. The van der Waals surface area contributed by atoms with Crippen LogP contribution in [0, 0.1) is 5.82 Å². The zero-order valence-electron chi connectivity index (χ0n) is 20.3. The van der Waals surface area contributed by atoms with Crippen molar-refractivity contribution >= 4 is 39.9 Å². The molecule has 2 aliphatic heterocycles. The van der Waals surface area contributed by atoms with Crippen molar-refractivity contribution in [3.05, 3.63) is 72.0 Å². The standard InChI is InChI=1S/C28H28FN3O5/c29-23-9-4-10-24(27(23)31-13-15-36-16-14-31)32-18-20(37-28(32)35)17-30-26(34)12-11-25(33)22-8-3-6-19-5-1-2-7-21(19)22/h1-10,20H,11-18H2,(H,30,34)/t20-/m0/s1. The van der Waals surface area contributed by atoms with Crippen molar-refractivity contribution < 1.29 is 28.2 Å². The van der Waals surface area contributed by atoms with Gasteiger partial charge in [-0.2, -0.15) is 0 Å². The number of morpholine rings is 1. The number of rotatable bonds is 8. The van der Waals surface area contributed by atoms with Gasteiger partial charge in [0.25, 0.3) is 0 Å². The number of hydrogen-bond acceptors (Lipinski definition) is 6. The number of ketones is 1. The first-order valence-corrected chi connectivity index (χ1v) is 12.4. The second kappa shape index (κ2) is 11.0. The van der Waals surface area contributed by atoms with Crippen LogP contribution in [0.25, 0.3) is 10.8 Å². The van der Waals surface area contributed by atoms with Gasteiger partial charge in [0.2, 0.25) is 5.91 Å². The molecule has 0 bridgehead atoms. The molecule has 2 fully saturated rings. The first-order chi connectivity index (χ1) is 18.0. The molecule has 3 aromatic carbocycles. The lowest BCUT2D eigenvalue weighted by atomic mass is 9.99. The number of fused-ring (bicyclic) bond motifs is 1. The van der Waals surface area contributed by atoms with Crippen LogP contribution < -0.4 is 15.1 Å². The number of amides is 2. The van der Waals surface area contributed by atoms with Gasteiger partial charge in [0.05, 0.1) is 37.7 Å². The van der Waals surface area contributed by atoms with E-state index in [2.05, 4.69) is 5.32 Å². The summed E-state index contributed by atoms with van der Waals surface area (Å²) in [6, 6.07) is 17.8. The van der Waals surface area contributed by atoms with Gasteiger partial charge in [0.15, 0.2) is 5.78 Å². The SMILES string of the molecule is O=C(CCC(=O)c1cccc2ccccc12)NC[C@H]1CN(c2cccc(F)c2N2CCOCC2)C(=O)O1. The summed E-state index contributed by atoms with van der Waals surface area (Å²) in [5, 5.41) is 4.59. The van der Waals surface area contributed by atoms with Crippen LogP contribution in [0.5, 0.6) is 0 Å². The second-order valence-corrected chi connectivity index (χ2v) is 9.08. The summed E-state index contributed by atoms with van der Waals surface area (Å²) in [6.45, 7) is 2.29. The quantitative estimate of drug-likeness (QED) is 0.467. The van der Waals surface area contributed by atoms with Crippen LogP contribution in [0.15, 0.2) is 60.7 Å². The van der Waals surface area contributed by atoms with Crippen molar-refractivity contribution in [2.75, 3.05) is 49.2 Å². The average Bonchev–Trinajstić information content (AvgIpc) is 3.30. The van der Waals surface area contributed by atoms with Crippen LogP contribution in [-0.2, 0) is 14.3 Å². The van der Waals surface area contributed by atoms with Gasteiger partial charge in [-0.05, 0) is 22.9 Å². The second-order valence-electron chi connectivity index (χ2n) is 9.08. The number of anilines is 2. The van der Waals surface area contributed by atoms with E-state index in [0.717, 1.165) is 10.8 Å². The minimum atomic E-state index is -0.592. The molecule has 0 saturated carbocycles. The smallest absolute Gasteiger partial charge is 0.414 e. The van der Waals surface area contributed by atoms with Crippen molar-refractivity contribution in [3.8, 4) is 0 Å². The molecule has 3 aromatic rings. The van der Waals surface area contributed by atoms with Crippen LogP contribution in [0.4, 0.5) is 20.6 Å². The maximum atomic E-state index is 14.8. The molecule has 0 aromatic heterocycles. The van der Waals surface area contributed by atoms with Gasteiger partial charge in [0, 0.05) is 31.5 Å². The summed E-state index contributed by atoms with van der Waals surface area (Å²) in [6.07, 6.45) is -1.09. The van der Waals surface area contributed by atoms with E-state index in [1.807, 2.05) is 41.3 Å². The Hall–Kier alpha value is -3.98. The van der Waals surface area contributed by atoms with Crippen molar-refractivity contribution in [1.29, 1.82) is 0 Å². The van der Waals surface area contributed by atoms with E-state index < -0.39 is 18.0 Å². The summed E-state index contributed by atoms with van der Waals surface area (Å²) in [7, 11) is 0. The lowest BCUT2D eigenvalue weighted by Crippen LogP contribution is -2.39. The largest absolute Gasteiger partial charge is 0.442 e. The van der Waals surface area contributed by atoms with E-state index >= 15 is 0 Å². The third-order valence-electron chi connectivity index (χ3n) is 6.65. The Morgan fingerprint density at radius 2 is 1.73 bits per heavy atom. The highest BCUT2D eigenvalue weighted by molar-refractivity contribution is 6.08. The third kappa shape index (κ3) is 5.41. The van der Waals surface area contributed by atoms with E-state index in [9.17, 15) is 18.8 Å². The molecule has 0 spiro atoms. The first kappa shape index (κ1) is 24.7. The van der Waals surface area contributed by atoms with Crippen molar-refractivity contribution in [1.82, 2.24) is 5.32 Å². The minimum absolute atomic E-state index is 0.0253. The number of carbonyl (C=O) groups excluding carboxylic acids is 3. The average molecular weight is 506 g/mol. The van der Waals surface area contributed by atoms with Gasteiger partial charge in [-0.25, -0.2) is 9.18 Å². The van der Waals surface area contributed by atoms with Crippen LogP contribution in [0.3, 0.4) is 0 Å². The monoisotopic (exact) mass is 505 g/mol. The van der Waals surface area contributed by atoms with Crippen LogP contribution in [0.1, 0.15) is 23.2 Å². The maximum absolute atomic E-state index is 14.8. The van der Waals surface area contributed by atoms with E-state index in [1.165, 1.54) is 11.0 Å². The number of benzene rings is 3. The van der Waals surface area contributed by atoms with E-state index in [1.54, 1.807) is 18.2 Å². The molecule has 9 heteroatoms. The highest BCUT2D eigenvalue weighted by Crippen LogP contribution is 2.35. The Labute approximate surface area is 213 Å². The van der Waals surface area contributed by atoms with Gasteiger partial charge in [0.1, 0.15) is 11.9 Å². The summed E-state index contributed by atoms with van der Waals surface area (Å²) >= 11 is 0. The lowest BCUT2D eigenvalue weighted by Gasteiger charge is -2.32. The number of hydrogen-bond donors (Lipinski definition) is 1. The Bertz CT molecular complexity index is 1320. The molecular formula is C28H28FN3O5. The van der Waals surface area contributed by atoms with Gasteiger partial charge in [-0.15, -0.1) is 0 Å². The van der Waals surface area contributed by atoms with Crippen LogP contribution in [-0.4, -0.2) is 63.3 Å². The summed E-state index contributed by atoms with van der Waals surface area (Å²) < 4.78 is 25.6. The Morgan fingerprint density at radius 1 is 0.973 bits per heavy atom. The topological polar surface area (TPSA) is 88.2 Å². The molecule has 0 radical (unpaired) electrons. The Kier molecular flexibility index (Phi) is 7.32. The molecule has 0 aliphatic carbocycles. The molecule has 192 valence electrons. The molecule has 2 aliphatic rings. The number of nitrogens with zero attached hydrogens (tertiary/aromatic N) is 2. The summed E-state index contributed by atoms with van der Waals surface area (Å²) in [5.41, 5.74) is 1.37. The maximum Gasteiger partial charge on any atom is 0.414 e. The number of carbonyl (C=O) groups is 3. The normalized spacial score (nSPS) is 17.6. The molecule has 5 rings (SSSR count). The van der Waals surface area contributed by atoms with E-state index in [4.69, 9.17) is 9.47 Å². The zero-order valence-corrected chi connectivity index (χ0v) is 20.3. The molecule has 1 atom stereocenters. The van der Waals surface area contributed by atoms with Gasteiger partial charge in [-0.1, -0.05) is 48.5 Å². The van der Waals surface area contributed by atoms with E-state index in [0.29, 0.717) is 43.2 Å². The highest BCUT2D eigenvalue weighted by Gasteiger charge is 2.35. The molecule has 1 N–H and O–H groups in total. The fourth-order valence-electron chi connectivity index (χ4n) is 4.79. The Morgan fingerprint density at radius 3 is 2.57 bits per heavy atom. The molecular weight excluding hydrogens is 477 g/mol. The summed E-state index contributed by atoms with van der Waals surface area (Å²) in [4.78, 5) is 41.1. The fourth-order valence-corrected chi connectivity index (χ4v) is 4.79. The lowest BCUT2D eigenvalue weighted by molar-refractivity contribution is -0.121.